The van der Waals surface area contributed by atoms with E-state index in [1.807, 2.05) is 0 Å². The molecule has 4 heteroatoms. The van der Waals surface area contributed by atoms with Crippen LogP contribution in [0.3, 0.4) is 0 Å². The van der Waals surface area contributed by atoms with Crippen molar-refractivity contribution in [1.82, 2.24) is 9.13 Å². The van der Waals surface area contributed by atoms with Crippen LogP contribution in [0.4, 0.5) is 17.1 Å². The number of benzene rings is 9. The summed E-state index contributed by atoms with van der Waals surface area (Å²) in [5, 5.41) is 5.32. The van der Waals surface area contributed by atoms with Crippen LogP contribution in [0.2, 0.25) is 0 Å². The number of anilines is 3. The second-order valence-corrected chi connectivity index (χ2v) is 30.8. The highest BCUT2D eigenvalue weighted by Gasteiger charge is 2.55. The van der Waals surface area contributed by atoms with Crippen LogP contribution in [0.1, 0.15) is 204 Å². The fourth-order valence-corrected chi connectivity index (χ4v) is 15.6. The maximum atomic E-state index is 2.81. The Balaban J connectivity index is 1.15. The van der Waals surface area contributed by atoms with Crippen molar-refractivity contribution in [3.63, 3.8) is 0 Å². The number of fused-ring (bicyclic) bond motifs is 14. The van der Waals surface area contributed by atoms with Gasteiger partial charge >= 0.3 is 0 Å². The van der Waals surface area contributed by atoms with E-state index >= 15 is 0 Å². The number of hydrogen-bond donors (Lipinski definition) is 0. The Hall–Kier alpha value is -7.56. The number of hydrogen-bond acceptors (Lipinski definition) is 1. The van der Waals surface area contributed by atoms with Crippen LogP contribution in [-0.4, -0.2) is 15.8 Å². The average molecular weight is 1100 g/mol. The van der Waals surface area contributed by atoms with Gasteiger partial charge in [-0.1, -0.05) is 222 Å². The molecule has 0 unspecified atom stereocenters. The summed E-state index contributed by atoms with van der Waals surface area (Å²) in [4.78, 5) is 2.57. The third kappa shape index (κ3) is 7.12. The SMILES string of the molecule is CC(C)c1ccc(N(c2cccc(C(C)C)c2)c2ccc3c4c2c2ccc(C(C)C)cc2n4-c2ccc4c5c2B3c2cc(C(C)(C)C)cc3c6cc(C(C)(C)C)cc(c6n-5c23)C42c3cc(C(C)(C)C)ccc3-c3ccc(C(C)(C)C)cc32)cc1. The zero-order valence-electron chi connectivity index (χ0n) is 53.1. The Morgan fingerprint density at radius 1 is 0.405 bits per heavy atom. The molecule has 5 heterocycles. The van der Waals surface area contributed by atoms with Gasteiger partial charge in [0, 0.05) is 49.8 Å². The lowest BCUT2D eigenvalue weighted by Crippen LogP contribution is -2.60. The maximum absolute atomic E-state index is 2.81. The van der Waals surface area contributed by atoms with Gasteiger partial charge in [0.15, 0.2) is 0 Å². The fraction of sp³-hybridized carbons (Fsp3) is 0.325. The standard InChI is InChI=1S/C80H82BN3/c1-44(2)47-22-27-54(28-23-47)82(55-21-19-20-48(36-55)45(3)4)67-35-33-65-75-70(67)58-29-24-49(46(5)6)37-69(58)83(75)68-34-32-61-74-71(68)81(65)66-43-53(79(16,17)18)39-60-59-38-52(78(13,14)15)42-64(72(59)84(74)73(60)66)80(61)62-40-50(76(7,8)9)25-30-56(62)57-31-26-51(41-63(57)80)77(10,11)12/h19-46H,1-18H3. The molecule has 9 aromatic carbocycles. The van der Waals surface area contributed by atoms with Gasteiger partial charge in [-0.05, 0) is 183 Å². The van der Waals surface area contributed by atoms with E-state index in [9.17, 15) is 0 Å². The van der Waals surface area contributed by atoms with Crippen molar-refractivity contribution < 1.29 is 0 Å². The number of aromatic nitrogens is 2. The molecule has 11 aromatic rings. The molecule has 3 aliphatic heterocycles. The third-order valence-electron chi connectivity index (χ3n) is 20.4. The van der Waals surface area contributed by atoms with E-state index in [0.29, 0.717) is 17.8 Å². The molecule has 0 saturated heterocycles. The van der Waals surface area contributed by atoms with Crippen LogP contribution < -0.4 is 21.3 Å². The summed E-state index contributed by atoms with van der Waals surface area (Å²) in [5.41, 5.74) is 32.6. The Kier molecular flexibility index (Phi) is 11.0. The van der Waals surface area contributed by atoms with Crippen LogP contribution in [-0.2, 0) is 27.1 Å². The van der Waals surface area contributed by atoms with Gasteiger partial charge < -0.3 is 14.0 Å². The van der Waals surface area contributed by atoms with Crippen molar-refractivity contribution in [3.8, 4) is 22.5 Å². The molecular formula is C80H82BN3. The zero-order valence-corrected chi connectivity index (χ0v) is 53.1. The molecular weight excluding hydrogens is 1010 g/mol. The molecule has 0 saturated carbocycles. The fourth-order valence-electron chi connectivity index (χ4n) is 15.6. The molecule has 0 fully saturated rings. The van der Waals surface area contributed by atoms with E-state index in [2.05, 4.69) is 290 Å². The zero-order chi connectivity index (χ0) is 59.0. The van der Waals surface area contributed by atoms with E-state index < -0.39 is 5.41 Å². The van der Waals surface area contributed by atoms with Crippen molar-refractivity contribution in [2.24, 2.45) is 0 Å². The highest BCUT2D eigenvalue weighted by molar-refractivity contribution is 7.00. The van der Waals surface area contributed by atoms with Crippen molar-refractivity contribution in [2.45, 2.75) is 169 Å². The molecule has 1 aliphatic carbocycles. The second-order valence-electron chi connectivity index (χ2n) is 30.8. The second kappa shape index (κ2) is 17.3. The summed E-state index contributed by atoms with van der Waals surface area (Å²) in [6.07, 6.45) is 0. The lowest BCUT2D eigenvalue weighted by Gasteiger charge is -2.45. The maximum Gasteiger partial charge on any atom is 0.252 e. The summed E-state index contributed by atoms with van der Waals surface area (Å²) in [6, 6.07) is 62.0. The van der Waals surface area contributed by atoms with Gasteiger partial charge in [-0.3, -0.25) is 0 Å². The molecule has 4 aliphatic rings. The van der Waals surface area contributed by atoms with E-state index in [4.69, 9.17) is 0 Å². The van der Waals surface area contributed by atoms with Crippen LogP contribution in [0, 0.1) is 0 Å². The molecule has 2 aromatic heterocycles. The normalized spacial score (nSPS) is 14.7. The quantitative estimate of drug-likeness (QED) is 0.151. The van der Waals surface area contributed by atoms with Gasteiger partial charge in [-0.15, -0.1) is 0 Å². The van der Waals surface area contributed by atoms with Gasteiger partial charge in [0.25, 0.3) is 6.71 Å². The minimum absolute atomic E-state index is 0.0552. The van der Waals surface area contributed by atoms with E-state index in [1.54, 1.807) is 0 Å². The number of rotatable bonds is 6. The lowest BCUT2D eigenvalue weighted by molar-refractivity contribution is 0.583. The Morgan fingerprint density at radius 2 is 0.964 bits per heavy atom. The third-order valence-corrected chi connectivity index (χ3v) is 20.4. The molecule has 1 spiro atoms. The van der Waals surface area contributed by atoms with E-state index in [0.717, 1.165) is 0 Å². The molecule has 0 N–H and O–H groups in total. The van der Waals surface area contributed by atoms with Crippen LogP contribution >= 0.6 is 0 Å². The Bertz CT molecular complexity index is 4610. The van der Waals surface area contributed by atoms with Crippen LogP contribution in [0.25, 0.3) is 66.1 Å². The first-order valence-corrected chi connectivity index (χ1v) is 31.4. The Labute approximate surface area is 499 Å². The Morgan fingerprint density at radius 3 is 1.56 bits per heavy atom. The van der Waals surface area contributed by atoms with Crippen molar-refractivity contribution in [1.29, 1.82) is 0 Å². The number of nitrogens with zero attached hydrogens (tertiary/aromatic N) is 3. The van der Waals surface area contributed by atoms with Gasteiger partial charge in [-0.25, -0.2) is 0 Å². The predicted octanol–water partition coefficient (Wildman–Crippen LogP) is 19.7. The summed E-state index contributed by atoms with van der Waals surface area (Å²) in [7, 11) is 0. The molecule has 0 amide bonds. The van der Waals surface area contributed by atoms with E-state index in [-0.39, 0.29) is 28.4 Å². The first-order chi connectivity index (χ1) is 39.7. The van der Waals surface area contributed by atoms with Gasteiger partial charge in [0.2, 0.25) is 0 Å². The molecule has 0 radical (unpaired) electrons. The summed E-state index contributed by atoms with van der Waals surface area (Å²) < 4.78 is 5.55. The summed E-state index contributed by atoms with van der Waals surface area (Å²) >= 11 is 0. The summed E-state index contributed by atoms with van der Waals surface area (Å²) in [5.74, 6) is 1.16. The van der Waals surface area contributed by atoms with Crippen LogP contribution in [0.5, 0.6) is 0 Å². The smallest absolute Gasteiger partial charge is 0.252 e. The largest absolute Gasteiger partial charge is 0.310 e. The molecule has 3 nitrogen and oxygen atoms in total. The van der Waals surface area contributed by atoms with Crippen molar-refractivity contribution in [3.05, 3.63) is 213 Å². The van der Waals surface area contributed by atoms with Crippen LogP contribution in [0.15, 0.2) is 152 Å². The minimum Gasteiger partial charge on any atom is -0.310 e. The first kappa shape index (κ1) is 53.2. The van der Waals surface area contributed by atoms with Gasteiger partial charge in [-0.2, -0.15) is 0 Å². The molecule has 0 atom stereocenters. The highest BCUT2D eigenvalue weighted by atomic mass is 15.2. The van der Waals surface area contributed by atoms with Crippen molar-refractivity contribution in [2.75, 3.05) is 4.90 Å². The van der Waals surface area contributed by atoms with Gasteiger partial charge in [0.05, 0.1) is 27.7 Å². The first-order valence-electron chi connectivity index (χ1n) is 31.4. The molecule has 420 valence electrons. The molecule has 84 heavy (non-hydrogen) atoms. The monoisotopic (exact) mass is 1100 g/mol. The lowest BCUT2D eigenvalue weighted by atomic mass is 9.33. The average Bonchev–Trinajstić information content (AvgIpc) is 1.40. The molecule has 0 bridgehead atoms. The predicted molar refractivity (Wildman–Crippen MR) is 362 cm³/mol. The summed E-state index contributed by atoms with van der Waals surface area (Å²) in [6.45, 7) is 42.7. The van der Waals surface area contributed by atoms with Gasteiger partial charge in [0.1, 0.15) is 0 Å². The topological polar surface area (TPSA) is 13.1 Å². The molecule has 15 rings (SSSR count). The highest BCUT2D eigenvalue weighted by Crippen LogP contribution is 2.63. The minimum atomic E-state index is -0.629. The van der Waals surface area contributed by atoms with E-state index in [1.165, 1.54) is 161 Å². The van der Waals surface area contributed by atoms with Crippen molar-refractivity contribution >= 4 is 83.8 Å².